The number of pyridine rings is 1. The fraction of sp³-hybridized carbons (Fsp3) is 0.650. The zero-order valence-corrected chi connectivity index (χ0v) is 18.3. The Balaban J connectivity index is 1.42. The van der Waals surface area contributed by atoms with Crippen molar-refractivity contribution in [1.82, 2.24) is 23.1 Å². The molecule has 10 heteroatoms. The molecular weight excluding hydrogens is 406 g/mol. The van der Waals surface area contributed by atoms with Crippen LogP contribution in [0.2, 0.25) is 0 Å². The van der Waals surface area contributed by atoms with Crippen molar-refractivity contribution in [3.8, 4) is 0 Å². The van der Waals surface area contributed by atoms with Crippen molar-refractivity contribution >= 4 is 21.2 Å². The summed E-state index contributed by atoms with van der Waals surface area (Å²) in [4.78, 5) is 29.2. The second kappa shape index (κ2) is 8.24. The first-order chi connectivity index (χ1) is 14.3. The molecule has 2 fully saturated rings. The second-order valence-corrected chi connectivity index (χ2v) is 10.2. The van der Waals surface area contributed by atoms with Gasteiger partial charge in [0.25, 0.3) is 15.8 Å². The molecule has 2 aliphatic rings. The zero-order valence-electron chi connectivity index (χ0n) is 17.5. The first kappa shape index (κ1) is 21.2. The lowest BCUT2D eigenvalue weighted by atomic mass is 9.80. The maximum absolute atomic E-state index is 12.3. The molecule has 30 heavy (non-hydrogen) atoms. The number of hydrogen-bond acceptors (Lipinski definition) is 5. The fourth-order valence-corrected chi connectivity index (χ4v) is 5.97. The molecule has 0 aromatic carbocycles. The van der Waals surface area contributed by atoms with E-state index < -0.39 is 10.2 Å². The van der Waals surface area contributed by atoms with E-state index in [9.17, 15) is 18.0 Å². The van der Waals surface area contributed by atoms with E-state index in [1.54, 1.807) is 13.1 Å². The molecule has 1 N–H and O–H groups in total. The van der Waals surface area contributed by atoms with Crippen LogP contribution in [0.25, 0.3) is 11.0 Å². The van der Waals surface area contributed by atoms with Crippen molar-refractivity contribution in [2.45, 2.75) is 44.4 Å². The fourth-order valence-electron chi connectivity index (χ4n) is 4.60. The SMILES string of the molecule is Cn1c(=O)c2ccc(C3CCC(CNS(=O)(=O)N4CCCC4)CC3)nc2n(C)c1=O. The quantitative estimate of drug-likeness (QED) is 0.749. The highest BCUT2D eigenvalue weighted by Gasteiger charge is 2.28. The highest BCUT2D eigenvalue weighted by molar-refractivity contribution is 7.87. The number of aromatic nitrogens is 3. The molecule has 9 nitrogen and oxygen atoms in total. The summed E-state index contributed by atoms with van der Waals surface area (Å²) in [5.74, 6) is 0.565. The number of hydrogen-bond donors (Lipinski definition) is 1. The van der Waals surface area contributed by atoms with Gasteiger partial charge in [0.15, 0.2) is 0 Å². The summed E-state index contributed by atoms with van der Waals surface area (Å²) in [6.45, 7) is 1.70. The van der Waals surface area contributed by atoms with E-state index in [4.69, 9.17) is 0 Å². The van der Waals surface area contributed by atoms with E-state index in [0.29, 0.717) is 36.6 Å². The van der Waals surface area contributed by atoms with E-state index >= 15 is 0 Å². The number of aryl methyl sites for hydroxylation is 1. The predicted octanol–water partition coefficient (Wildman–Crippen LogP) is 0.836. The molecule has 1 aliphatic heterocycles. The van der Waals surface area contributed by atoms with Crippen molar-refractivity contribution in [2.24, 2.45) is 20.0 Å². The van der Waals surface area contributed by atoms with E-state index in [1.807, 2.05) is 6.07 Å². The van der Waals surface area contributed by atoms with Crippen molar-refractivity contribution in [1.29, 1.82) is 0 Å². The van der Waals surface area contributed by atoms with E-state index in [1.165, 1.54) is 15.9 Å². The summed E-state index contributed by atoms with van der Waals surface area (Å²) < 4.78 is 31.5. The van der Waals surface area contributed by atoms with Gasteiger partial charge in [0.05, 0.1) is 5.39 Å². The Labute approximate surface area is 175 Å². The van der Waals surface area contributed by atoms with Gasteiger partial charge in [-0.25, -0.2) is 14.5 Å². The lowest BCUT2D eigenvalue weighted by molar-refractivity contribution is 0.320. The van der Waals surface area contributed by atoms with Crippen LogP contribution < -0.4 is 16.0 Å². The Morgan fingerprint density at radius 3 is 2.37 bits per heavy atom. The van der Waals surface area contributed by atoms with Crippen molar-refractivity contribution in [3.63, 3.8) is 0 Å². The molecule has 2 aromatic rings. The maximum atomic E-state index is 12.3. The summed E-state index contributed by atoms with van der Waals surface area (Å²) in [5.41, 5.74) is 0.593. The number of nitrogens with zero attached hydrogens (tertiary/aromatic N) is 4. The van der Waals surface area contributed by atoms with Crippen LogP contribution in [0.3, 0.4) is 0 Å². The largest absolute Gasteiger partial charge is 0.332 e. The van der Waals surface area contributed by atoms with E-state index in [0.717, 1.165) is 48.8 Å². The summed E-state index contributed by atoms with van der Waals surface area (Å²) in [7, 11) is -0.260. The monoisotopic (exact) mass is 435 g/mol. The Hall–Kier alpha value is -2.04. The third kappa shape index (κ3) is 3.95. The van der Waals surface area contributed by atoms with Gasteiger partial charge in [-0.05, 0) is 56.6 Å². The average Bonchev–Trinajstić information content (AvgIpc) is 3.31. The Bertz CT molecular complexity index is 1160. The summed E-state index contributed by atoms with van der Waals surface area (Å²) in [6, 6.07) is 3.64. The van der Waals surface area contributed by atoms with Crippen LogP contribution in [-0.2, 0) is 24.3 Å². The molecule has 1 aliphatic carbocycles. The molecule has 0 radical (unpaired) electrons. The molecule has 0 amide bonds. The molecular formula is C20H29N5O4S. The van der Waals surface area contributed by atoms with Crippen LogP contribution in [0.5, 0.6) is 0 Å². The first-order valence-corrected chi connectivity index (χ1v) is 12.0. The summed E-state index contributed by atoms with van der Waals surface area (Å²) >= 11 is 0. The molecule has 3 heterocycles. The van der Waals surface area contributed by atoms with Crippen molar-refractivity contribution in [2.75, 3.05) is 19.6 Å². The van der Waals surface area contributed by atoms with Crippen LogP contribution in [0.4, 0.5) is 0 Å². The number of fused-ring (bicyclic) bond motifs is 1. The smallest absolute Gasteiger partial charge is 0.280 e. The number of rotatable bonds is 5. The van der Waals surface area contributed by atoms with Gasteiger partial charge in [0.1, 0.15) is 5.65 Å². The minimum absolute atomic E-state index is 0.250. The third-order valence-electron chi connectivity index (χ3n) is 6.55. The van der Waals surface area contributed by atoms with E-state index in [-0.39, 0.29) is 17.2 Å². The first-order valence-electron chi connectivity index (χ1n) is 10.6. The van der Waals surface area contributed by atoms with Gasteiger partial charge < -0.3 is 0 Å². The van der Waals surface area contributed by atoms with Crippen LogP contribution in [0, 0.1) is 5.92 Å². The normalized spacial score (nSPS) is 23.3. The van der Waals surface area contributed by atoms with Gasteiger partial charge >= 0.3 is 5.69 Å². The lowest BCUT2D eigenvalue weighted by Gasteiger charge is -2.29. The minimum atomic E-state index is -3.36. The topological polar surface area (TPSA) is 106 Å². The van der Waals surface area contributed by atoms with Crippen molar-refractivity contribution < 1.29 is 8.42 Å². The van der Waals surface area contributed by atoms with Gasteiger partial charge in [0.2, 0.25) is 0 Å². The Morgan fingerprint density at radius 2 is 1.70 bits per heavy atom. The standard InChI is InChI=1S/C20H29N5O4S/c1-23-18-16(19(26)24(2)20(23)27)9-10-17(22-18)15-7-5-14(6-8-15)13-21-30(28,29)25-11-3-4-12-25/h9-10,14-15,21H,3-8,11-13H2,1-2H3. The van der Waals surface area contributed by atoms with E-state index in [2.05, 4.69) is 9.71 Å². The van der Waals surface area contributed by atoms with Gasteiger partial charge in [-0.1, -0.05) is 0 Å². The van der Waals surface area contributed by atoms with Crippen LogP contribution in [0.1, 0.15) is 50.1 Å². The molecule has 1 saturated heterocycles. The summed E-state index contributed by atoms with van der Waals surface area (Å²) in [5, 5.41) is 0.438. The van der Waals surface area contributed by atoms with Gasteiger partial charge in [-0.2, -0.15) is 12.7 Å². The third-order valence-corrected chi connectivity index (χ3v) is 8.12. The van der Waals surface area contributed by atoms with Crippen molar-refractivity contribution in [3.05, 3.63) is 38.7 Å². The van der Waals surface area contributed by atoms with Crippen LogP contribution >= 0.6 is 0 Å². The maximum Gasteiger partial charge on any atom is 0.332 e. The van der Waals surface area contributed by atoms with Gasteiger partial charge in [0, 0.05) is 45.3 Å². The lowest BCUT2D eigenvalue weighted by Crippen LogP contribution is -2.41. The predicted molar refractivity (Wildman–Crippen MR) is 115 cm³/mol. The Kier molecular flexibility index (Phi) is 5.82. The minimum Gasteiger partial charge on any atom is -0.280 e. The second-order valence-electron chi connectivity index (χ2n) is 8.49. The molecule has 0 spiro atoms. The molecule has 0 unspecified atom stereocenters. The average molecular weight is 436 g/mol. The van der Waals surface area contributed by atoms with Crippen LogP contribution in [-0.4, -0.2) is 46.5 Å². The molecule has 0 bridgehead atoms. The molecule has 0 atom stereocenters. The number of nitrogens with one attached hydrogen (secondary N) is 1. The highest BCUT2D eigenvalue weighted by Crippen LogP contribution is 2.35. The van der Waals surface area contributed by atoms with Gasteiger partial charge in [-0.15, -0.1) is 0 Å². The van der Waals surface area contributed by atoms with Crippen LogP contribution in [0.15, 0.2) is 21.7 Å². The molecule has 1 saturated carbocycles. The molecule has 164 valence electrons. The van der Waals surface area contributed by atoms with Gasteiger partial charge in [-0.3, -0.25) is 13.9 Å². The molecule has 2 aromatic heterocycles. The Morgan fingerprint density at radius 1 is 1.03 bits per heavy atom. The summed E-state index contributed by atoms with van der Waals surface area (Å²) in [6.07, 6.45) is 5.52. The zero-order chi connectivity index (χ0) is 21.5. The highest BCUT2D eigenvalue weighted by atomic mass is 32.2. The molecule has 4 rings (SSSR count).